The van der Waals surface area contributed by atoms with Crippen LogP contribution in [0.15, 0.2) is 35.3 Å². The quantitative estimate of drug-likeness (QED) is 0.0223. The summed E-state index contributed by atoms with van der Waals surface area (Å²) in [6.45, 7) is 1.62. The van der Waals surface area contributed by atoms with Gasteiger partial charge in [0.2, 0.25) is 41.4 Å². The summed E-state index contributed by atoms with van der Waals surface area (Å²) >= 11 is 0. The van der Waals surface area contributed by atoms with E-state index in [1.807, 2.05) is 0 Å². The molecule has 0 unspecified atom stereocenters. The van der Waals surface area contributed by atoms with E-state index in [4.69, 9.17) is 28.0 Å². The Hall–Kier alpha value is -6.40. The van der Waals surface area contributed by atoms with Crippen LogP contribution in [0, 0.1) is 0 Å². The summed E-state index contributed by atoms with van der Waals surface area (Å²) < 4.78 is 0. The van der Waals surface area contributed by atoms with Gasteiger partial charge in [0, 0.05) is 25.8 Å². The zero-order chi connectivity index (χ0) is 44.8. The second-order valence-corrected chi connectivity index (χ2v) is 13.4. The monoisotopic (exact) mass is 837 g/mol. The van der Waals surface area contributed by atoms with Gasteiger partial charge in [0.25, 0.3) is 0 Å². The van der Waals surface area contributed by atoms with Crippen molar-refractivity contribution in [3.05, 3.63) is 35.9 Å². The zero-order valence-electron chi connectivity index (χ0n) is 32.6. The van der Waals surface area contributed by atoms with Crippen LogP contribution < -0.4 is 54.8 Å². The van der Waals surface area contributed by atoms with Crippen molar-refractivity contribution in [2.75, 3.05) is 13.2 Å². The van der Waals surface area contributed by atoms with Gasteiger partial charge in [-0.3, -0.25) is 43.3 Å². The van der Waals surface area contributed by atoms with E-state index >= 15 is 0 Å². The highest BCUT2D eigenvalue weighted by atomic mass is 16.4. The summed E-state index contributed by atoms with van der Waals surface area (Å²) in [4.78, 5) is 118. The number of carboxylic acids is 2. The number of nitrogens with zero attached hydrogens (tertiary/aromatic N) is 1. The lowest BCUT2D eigenvalue weighted by Gasteiger charge is -2.28. The number of nitrogens with one attached hydrogen (secondary N) is 6. The number of carboxylic acid groups (broad SMARTS) is 2. The van der Waals surface area contributed by atoms with Crippen LogP contribution in [-0.2, 0) is 49.6 Å². The molecule has 0 radical (unpaired) electrons. The number of aliphatic hydroxyl groups is 2. The molecule has 0 aliphatic carbocycles. The van der Waals surface area contributed by atoms with E-state index in [0.29, 0.717) is 5.56 Å². The minimum absolute atomic E-state index is 0.0254. The summed E-state index contributed by atoms with van der Waals surface area (Å²) in [6.07, 6.45) is -3.83. The molecule has 0 heterocycles. The van der Waals surface area contributed by atoms with Gasteiger partial charge in [0.15, 0.2) is 5.96 Å². The first-order chi connectivity index (χ1) is 27.7. The Balaban J connectivity index is 3.47. The van der Waals surface area contributed by atoms with Crippen molar-refractivity contribution >= 4 is 59.2 Å². The standard InChI is InChI=1S/C35H55N11O13/c1-17(41-29(53)20(36)16-47)28(52)42-22(11-13-26(50)51)30(54)45-24(15-19-7-4-3-5-8-19)32(56)43-21(9-6-14-40-35(38)39)31(55)46-27(18(2)48)33(57)44-23(34(58)59)10-12-25(37)49/h3-5,7-8,17-18,20-24,27,47-48H,6,9-16,36H2,1-2H3,(H2,37,49)(H,41,53)(H,42,52)(H,43,56)(H,44,57)(H,45,54)(H,46,55)(H,50,51)(H,58,59)(H4,38,39,40)/t17-,18+,20-,21-,22-,23-,24-,27-/m0/s1. The van der Waals surface area contributed by atoms with E-state index in [0.717, 1.165) is 6.92 Å². The number of carbonyl (C=O) groups excluding carboxylic acids is 7. The highest BCUT2D eigenvalue weighted by Crippen LogP contribution is 2.09. The van der Waals surface area contributed by atoms with Gasteiger partial charge >= 0.3 is 11.9 Å². The number of amides is 7. The minimum atomic E-state index is -1.78. The Morgan fingerprint density at radius 3 is 1.73 bits per heavy atom. The van der Waals surface area contributed by atoms with E-state index in [1.54, 1.807) is 30.3 Å². The van der Waals surface area contributed by atoms with Crippen LogP contribution in [0.4, 0.5) is 0 Å². The number of hydrogen-bond donors (Lipinski definition) is 14. The van der Waals surface area contributed by atoms with Gasteiger partial charge in [-0.2, -0.15) is 0 Å². The summed E-state index contributed by atoms with van der Waals surface area (Å²) in [5.74, 6) is -9.97. The molecule has 8 atom stereocenters. The van der Waals surface area contributed by atoms with Crippen molar-refractivity contribution in [1.82, 2.24) is 31.9 Å². The molecule has 59 heavy (non-hydrogen) atoms. The molecule has 0 aliphatic rings. The number of nitrogens with two attached hydrogens (primary N) is 4. The van der Waals surface area contributed by atoms with Crippen LogP contribution >= 0.6 is 0 Å². The largest absolute Gasteiger partial charge is 0.481 e. The van der Waals surface area contributed by atoms with Crippen molar-refractivity contribution < 1.29 is 63.6 Å². The molecule has 328 valence electrons. The van der Waals surface area contributed by atoms with Gasteiger partial charge in [-0.1, -0.05) is 30.3 Å². The first-order valence-electron chi connectivity index (χ1n) is 18.4. The molecule has 1 rings (SSSR count). The molecule has 0 saturated heterocycles. The first kappa shape index (κ1) is 50.6. The number of guanidine groups is 1. The van der Waals surface area contributed by atoms with Crippen molar-refractivity contribution in [3.8, 4) is 0 Å². The number of hydrogen-bond acceptors (Lipinski definition) is 13. The first-order valence-corrected chi connectivity index (χ1v) is 18.4. The summed E-state index contributed by atoms with van der Waals surface area (Å²) in [5.41, 5.74) is 21.9. The van der Waals surface area contributed by atoms with E-state index < -0.39 is 134 Å². The fraction of sp³-hybridized carbons (Fsp3) is 0.543. The number of primary amides is 1. The molecule has 0 spiro atoms. The maximum Gasteiger partial charge on any atom is 0.326 e. The summed E-state index contributed by atoms with van der Waals surface area (Å²) in [5, 5.41) is 52.4. The van der Waals surface area contributed by atoms with Crippen LogP contribution in [0.1, 0.15) is 57.9 Å². The summed E-state index contributed by atoms with van der Waals surface area (Å²) in [7, 11) is 0. The van der Waals surface area contributed by atoms with Crippen molar-refractivity contribution in [2.45, 2.75) is 107 Å². The Morgan fingerprint density at radius 1 is 0.661 bits per heavy atom. The molecule has 1 aromatic rings. The smallest absolute Gasteiger partial charge is 0.326 e. The molecule has 0 aromatic heterocycles. The second-order valence-electron chi connectivity index (χ2n) is 13.4. The van der Waals surface area contributed by atoms with Gasteiger partial charge in [-0.25, -0.2) is 4.79 Å². The highest BCUT2D eigenvalue weighted by Gasteiger charge is 2.35. The number of rotatable bonds is 27. The molecule has 0 fully saturated rings. The lowest BCUT2D eigenvalue weighted by Crippen LogP contribution is -2.61. The number of aliphatic imine (C=N–C) groups is 1. The van der Waals surface area contributed by atoms with Gasteiger partial charge in [0.1, 0.15) is 42.3 Å². The van der Waals surface area contributed by atoms with Crippen molar-refractivity contribution in [2.24, 2.45) is 27.9 Å². The molecule has 18 N–H and O–H groups in total. The minimum Gasteiger partial charge on any atom is -0.481 e. The average molecular weight is 838 g/mol. The van der Waals surface area contributed by atoms with E-state index in [1.165, 1.54) is 6.92 Å². The van der Waals surface area contributed by atoms with Crippen molar-refractivity contribution in [3.63, 3.8) is 0 Å². The molecule has 1 aromatic carbocycles. The summed E-state index contributed by atoms with van der Waals surface area (Å²) in [6, 6.07) is -2.43. The van der Waals surface area contributed by atoms with Gasteiger partial charge in [-0.05, 0) is 45.1 Å². The van der Waals surface area contributed by atoms with E-state index in [9.17, 15) is 58.5 Å². The van der Waals surface area contributed by atoms with E-state index in [-0.39, 0.29) is 31.8 Å². The third kappa shape index (κ3) is 19.5. The molecule has 0 saturated carbocycles. The molecular weight excluding hydrogens is 782 g/mol. The van der Waals surface area contributed by atoms with Gasteiger partial charge in [0.05, 0.1) is 12.7 Å². The lowest BCUT2D eigenvalue weighted by molar-refractivity contribution is -0.143. The maximum absolute atomic E-state index is 14.0. The molecule has 0 bridgehead atoms. The maximum atomic E-state index is 14.0. The molecular formula is C35H55N11O13. The fourth-order valence-corrected chi connectivity index (χ4v) is 5.14. The van der Waals surface area contributed by atoms with Gasteiger partial charge < -0.3 is 75.3 Å². The Kier molecular flexibility index (Phi) is 22.1. The van der Waals surface area contributed by atoms with Crippen LogP contribution in [0.25, 0.3) is 0 Å². The Bertz CT molecular complexity index is 1660. The zero-order valence-corrected chi connectivity index (χ0v) is 32.6. The highest BCUT2D eigenvalue weighted by molar-refractivity contribution is 5.97. The Labute approximate surface area is 338 Å². The van der Waals surface area contributed by atoms with Crippen LogP contribution in [0.2, 0.25) is 0 Å². The van der Waals surface area contributed by atoms with Crippen molar-refractivity contribution in [1.29, 1.82) is 0 Å². The predicted octanol–water partition coefficient (Wildman–Crippen LogP) is -5.87. The fourth-order valence-electron chi connectivity index (χ4n) is 5.14. The number of benzene rings is 1. The molecule has 24 nitrogen and oxygen atoms in total. The Morgan fingerprint density at radius 2 is 1.19 bits per heavy atom. The van der Waals surface area contributed by atoms with Crippen LogP contribution in [-0.4, -0.2) is 141 Å². The molecule has 24 heteroatoms. The molecule has 7 amide bonds. The third-order valence-electron chi connectivity index (χ3n) is 8.42. The third-order valence-corrected chi connectivity index (χ3v) is 8.42. The predicted molar refractivity (Wildman–Crippen MR) is 207 cm³/mol. The normalized spacial score (nSPS) is 14.9. The lowest BCUT2D eigenvalue weighted by atomic mass is 10.0. The topological polar surface area (TPSA) is 423 Å². The second kappa shape index (κ2) is 25.8. The molecule has 0 aliphatic heterocycles. The number of carbonyl (C=O) groups is 9. The van der Waals surface area contributed by atoms with Crippen LogP contribution in [0.3, 0.4) is 0 Å². The van der Waals surface area contributed by atoms with Gasteiger partial charge in [-0.15, -0.1) is 0 Å². The van der Waals surface area contributed by atoms with Crippen LogP contribution in [0.5, 0.6) is 0 Å². The average Bonchev–Trinajstić information content (AvgIpc) is 3.16. The van der Waals surface area contributed by atoms with E-state index in [2.05, 4.69) is 36.9 Å². The SMILES string of the molecule is C[C@H](NC(=O)[C@@H](N)CO)C(=O)N[C@@H](CCC(=O)O)C(=O)N[C@@H](Cc1ccccc1)C(=O)N[C@@H](CCCN=C(N)N)C(=O)N[C@H](C(=O)N[C@@H](CCC(N)=O)C(=O)O)[C@@H](C)O. The number of aliphatic carboxylic acids is 2. The number of aliphatic hydroxyl groups excluding tert-OH is 2.